The summed E-state index contributed by atoms with van der Waals surface area (Å²) in [5.74, 6) is 3.27. The van der Waals surface area contributed by atoms with Crippen LogP contribution in [0.25, 0.3) is 0 Å². The molecule has 2 N–H and O–H groups in total. The minimum absolute atomic E-state index is 0. The van der Waals surface area contributed by atoms with E-state index in [-0.39, 0.29) is 24.0 Å². The summed E-state index contributed by atoms with van der Waals surface area (Å²) in [4.78, 5) is 4.30. The van der Waals surface area contributed by atoms with Gasteiger partial charge in [-0.1, -0.05) is 24.6 Å². The fraction of sp³-hybridized carbons (Fsp3) is 0.833. The number of thioether (sulfide) groups is 2. The normalized spacial score (nSPS) is 15.0. The van der Waals surface area contributed by atoms with Crippen molar-refractivity contribution in [2.45, 2.75) is 62.6 Å². The molecule has 6 nitrogen and oxygen atoms in total. The van der Waals surface area contributed by atoms with Crippen LogP contribution in [0.15, 0.2) is 10.1 Å². The van der Waals surface area contributed by atoms with Crippen molar-refractivity contribution in [2.75, 3.05) is 38.4 Å². The molecule has 0 saturated heterocycles. The number of unbranched alkanes of at least 4 members (excludes halogenated alkanes) is 1. The van der Waals surface area contributed by atoms with Crippen LogP contribution in [-0.2, 0) is 6.42 Å². The lowest BCUT2D eigenvalue weighted by atomic mass is 10.2. The molecule has 1 aromatic rings. The van der Waals surface area contributed by atoms with Gasteiger partial charge in [-0.15, -0.1) is 34.2 Å². The molecule has 2 rings (SSSR count). The predicted molar refractivity (Wildman–Crippen MR) is 130 cm³/mol. The third kappa shape index (κ3) is 8.39. The third-order valence-electron chi connectivity index (χ3n) is 4.77. The third-order valence-corrected chi connectivity index (χ3v) is 6.11. The number of rotatable bonds is 11. The van der Waals surface area contributed by atoms with E-state index in [2.05, 4.69) is 42.9 Å². The van der Waals surface area contributed by atoms with Crippen molar-refractivity contribution >= 4 is 53.5 Å². The molecule has 0 aromatic carbocycles. The lowest BCUT2D eigenvalue weighted by molar-refractivity contribution is 0.460. The highest BCUT2D eigenvalue weighted by Gasteiger charge is 2.23. The lowest BCUT2D eigenvalue weighted by Crippen LogP contribution is -2.38. The zero-order valence-electron chi connectivity index (χ0n) is 16.9. The summed E-state index contributed by atoms with van der Waals surface area (Å²) < 4.78 is 2.40. The number of hydrogen-bond donors (Lipinski definition) is 2. The van der Waals surface area contributed by atoms with Crippen LogP contribution in [0, 0.1) is 0 Å². The van der Waals surface area contributed by atoms with Crippen LogP contribution in [0.2, 0.25) is 0 Å². The molecule has 0 aliphatic heterocycles. The molecular weight excluding hydrogens is 491 g/mol. The van der Waals surface area contributed by atoms with Gasteiger partial charge >= 0.3 is 0 Å². The number of nitrogens with zero attached hydrogens (tertiary/aromatic N) is 4. The van der Waals surface area contributed by atoms with Gasteiger partial charge in [-0.05, 0) is 50.4 Å². The highest BCUT2D eigenvalue weighted by molar-refractivity contribution is 14.0. The van der Waals surface area contributed by atoms with Gasteiger partial charge in [-0.25, -0.2) is 0 Å². The molecule has 0 radical (unpaired) electrons. The minimum atomic E-state index is 0. The molecule has 9 heteroatoms. The first-order valence-corrected chi connectivity index (χ1v) is 12.3. The van der Waals surface area contributed by atoms with E-state index in [4.69, 9.17) is 0 Å². The summed E-state index contributed by atoms with van der Waals surface area (Å²) in [6, 6.07) is 0.603. The number of nitrogens with one attached hydrogen (secondary N) is 2. The maximum atomic E-state index is 4.46. The summed E-state index contributed by atoms with van der Waals surface area (Å²) in [5, 5.41) is 16.7. The molecule has 1 aromatic heterocycles. The second-order valence-corrected chi connectivity index (χ2v) is 8.40. The second-order valence-electron chi connectivity index (χ2n) is 6.64. The molecule has 156 valence electrons. The second kappa shape index (κ2) is 14.8. The summed E-state index contributed by atoms with van der Waals surface area (Å²) >= 11 is 3.61. The van der Waals surface area contributed by atoms with Crippen LogP contribution in [0.4, 0.5) is 0 Å². The van der Waals surface area contributed by atoms with Gasteiger partial charge in [0, 0.05) is 32.6 Å². The van der Waals surface area contributed by atoms with Crippen LogP contribution in [0.3, 0.4) is 0 Å². The Balaban J connectivity index is 0.00000364. The highest BCUT2D eigenvalue weighted by Crippen LogP contribution is 2.33. The van der Waals surface area contributed by atoms with Crippen molar-refractivity contribution in [3.05, 3.63) is 5.82 Å². The van der Waals surface area contributed by atoms with Crippen molar-refractivity contribution in [2.24, 2.45) is 4.99 Å². The van der Waals surface area contributed by atoms with E-state index in [0.717, 1.165) is 42.9 Å². The van der Waals surface area contributed by atoms with Gasteiger partial charge in [0.15, 0.2) is 11.1 Å². The topological polar surface area (TPSA) is 67.1 Å². The molecule has 1 heterocycles. The van der Waals surface area contributed by atoms with Gasteiger partial charge < -0.3 is 15.2 Å². The zero-order chi connectivity index (χ0) is 18.6. The SMILES string of the molecule is CN=C(NCCCCSC)NCCCc1nnc(SC)n1C1CCCC1.I. The van der Waals surface area contributed by atoms with Gasteiger partial charge in [-0.3, -0.25) is 4.99 Å². The van der Waals surface area contributed by atoms with E-state index >= 15 is 0 Å². The average molecular weight is 527 g/mol. The van der Waals surface area contributed by atoms with Crippen LogP contribution in [0.5, 0.6) is 0 Å². The fourth-order valence-electron chi connectivity index (χ4n) is 3.40. The summed E-state index contributed by atoms with van der Waals surface area (Å²) in [6.07, 6.45) is 13.9. The Kier molecular flexibility index (Phi) is 13.6. The van der Waals surface area contributed by atoms with E-state index in [1.807, 2.05) is 18.8 Å². The van der Waals surface area contributed by atoms with E-state index in [0.29, 0.717) is 6.04 Å². The van der Waals surface area contributed by atoms with Crippen LogP contribution in [0.1, 0.15) is 56.8 Å². The van der Waals surface area contributed by atoms with Gasteiger partial charge in [0.2, 0.25) is 0 Å². The molecule has 1 fully saturated rings. The number of hydrogen-bond acceptors (Lipinski definition) is 5. The number of aliphatic imine (C=N–C) groups is 1. The molecule has 0 unspecified atom stereocenters. The monoisotopic (exact) mass is 526 g/mol. The molecule has 0 atom stereocenters. The van der Waals surface area contributed by atoms with Gasteiger partial charge in [-0.2, -0.15) is 11.8 Å². The maximum absolute atomic E-state index is 4.46. The first-order valence-electron chi connectivity index (χ1n) is 9.71. The summed E-state index contributed by atoms with van der Waals surface area (Å²) in [7, 11) is 1.83. The van der Waals surface area contributed by atoms with Crippen molar-refractivity contribution in [3.8, 4) is 0 Å². The lowest BCUT2D eigenvalue weighted by Gasteiger charge is -2.16. The molecule has 0 spiro atoms. The molecule has 0 amide bonds. The van der Waals surface area contributed by atoms with Crippen LogP contribution < -0.4 is 10.6 Å². The predicted octanol–water partition coefficient (Wildman–Crippen LogP) is 3.97. The Morgan fingerprint density at radius 1 is 1.11 bits per heavy atom. The fourth-order valence-corrected chi connectivity index (χ4v) is 4.46. The maximum Gasteiger partial charge on any atom is 0.191 e. The Labute approximate surface area is 189 Å². The smallest absolute Gasteiger partial charge is 0.191 e. The largest absolute Gasteiger partial charge is 0.356 e. The first kappa shape index (κ1) is 24.9. The molecular formula is C18H35IN6S2. The average Bonchev–Trinajstić information content (AvgIpc) is 3.32. The van der Waals surface area contributed by atoms with Crippen molar-refractivity contribution in [1.82, 2.24) is 25.4 Å². The Morgan fingerprint density at radius 3 is 2.44 bits per heavy atom. The molecule has 27 heavy (non-hydrogen) atoms. The van der Waals surface area contributed by atoms with E-state index < -0.39 is 0 Å². The molecule has 1 aliphatic carbocycles. The zero-order valence-corrected chi connectivity index (χ0v) is 20.8. The molecule has 1 saturated carbocycles. The van der Waals surface area contributed by atoms with Crippen molar-refractivity contribution < 1.29 is 0 Å². The number of aromatic nitrogens is 3. The Bertz CT molecular complexity index is 546. The number of guanidine groups is 1. The minimum Gasteiger partial charge on any atom is -0.356 e. The van der Waals surface area contributed by atoms with Crippen LogP contribution in [-0.4, -0.2) is 59.1 Å². The van der Waals surface area contributed by atoms with Crippen molar-refractivity contribution in [3.63, 3.8) is 0 Å². The van der Waals surface area contributed by atoms with Gasteiger partial charge in [0.25, 0.3) is 0 Å². The molecule has 0 bridgehead atoms. The van der Waals surface area contributed by atoms with E-state index in [1.54, 1.807) is 11.8 Å². The standard InChI is InChI=1S/C18H34N6S2.HI/c1-19-17(20-12-6-7-14-25-2)21-13-8-11-16-22-23-18(26-3)24(16)15-9-4-5-10-15;/h15H,4-14H2,1-3H3,(H2,19,20,21);1H. The highest BCUT2D eigenvalue weighted by atomic mass is 127. The van der Waals surface area contributed by atoms with E-state index in [1.165, 1.54) is 44.3 Å². The van der Waals surface area contributed by atoms with Gasteiger partial charge in [0.05, 0.1) is 0 Å². The Morgan fingerprint density at radius 2 is 1.81 bits per heavy atom. The Hall–Kier alpha value is -0.160. The first-order chi connectivity index (χ1) is 12.8. The van der Waals surface area contributed by atoms with Crippen LogP contribution >= 0.6 is 47.5 Å². The van der Waals surface area contributed by atoms with E-state index in [9.17, 15) is 0 Å². The summed E-state index contributed by atoms with van der Waals surface area (Å²) in [6.45, 7) is 1.88. The van der Waals surface area contributed by atoms with Crippen molar-refractivity contribution in [1.29, 1.82) is 0 Å². The molecule has 1 aliphatic rings. The quantitative estimate of drug-likeness (QED) is 0.150. The number of halogens is 1. The number of aryl methyl sites for hydroxylation is 1. The summed E-state index contributed by atoms with van der Waals surface area (Å²) in [5.41, 5.74) is 0. The van der Waals surface area contributed by atoms with Gasteiger partial charge in [0.1, 0.15) is 5.82 Å².